The van der Waals surface area contributed by atoms with Crippen molar-refractivity contribution in [3.05, 3.63) is 17.5 Å². The molecule has 1 aromatic heterocycles. The van der Waals surface area contributed by atoms with E-state index in [1.807, 2.05) is 0 Å². The molecule has 5 nitrogen and oxygen atoms in total. The van der Waals surface area contributed by atoms with Crippen molar-refractivity contribution in [3.63, 3.8) is 0 Å². The highest BCUT2D eigenvalue weighted by atomic mass is 16.5. The molecule has 0 aliphatic rings. The van der Waals surface area contributed by atoms with Crippen LogP contribution in [0.4, 0.5) is 0 Å². The highest BCUT2D eigenvalue weighted by Gasteiger charge is 2.16. The molecular weight excluding hydrogens is 196 g/mol. The number of esters is 1. The second-order valence-electron chi connectivity index (χ2n) is 3.10. The van der Waals surface area contributed by atoms with Gasteiger partial charge in [-0.05, 0) is 13.3 Å². The summed E-state index contributed by atoms with van der Waals surface area (Å²) in [5.74, 6) is -0.431. The molecule has 1 aromatic rings. The standard InChI is InChI=1S/C10H14N2O3/c1-3-15-10(14)9-8(5-4-6-13)7-12(2)11-9/h6-7H,3-5H2,1-2H3. The van der Waals surface area contributed by atoms with Crippen molar-refractivity contribution in [2.45, 2.75) is 19.8 Å². The molecule has 0 spiro atoms. The molecule has 82 valence electrons. The van der Waals surface area contributed by atoms with E-state index in [1.165, 1.54) is 0 Å². The van der Waals surface area contributed by atoms with Crippen molar-refractivity contribution in [2.24, 2.45) is 7.05 Å². The van der Waals surface area contributed by atoms with Crippen LogP contribution in [0.15, 0.2) is 6.20 Å². The quantitative estimate of drug-likeness (QED) is 0.531. The second-order valence-corrected chi connectivity index (χ2v) is 3.10. The smallest absolute Gasteiger partial charge is 0.359 e. The van der Waals surface area contributed by atoms with Gasteiger partial charge in [-0.25, -0.2) is 4.79 Å². The van der Waals surface area contributed by atoms with Gasteiger partial charge in [0, 0.05) is 25.2 Å². The Morgan fingerprint density at radius 1 is 1.67 bits per heavy atom. The third-order valence-corrected chi connectivity index (χ3v) is 1.90. The molecule has 0 atom stereocenters. The van der Waals surface area contributed by atoms with Gasteiger partial charge in [0.15, 0.2) is 5.69 Å². The number of carbonyl (C=O) groups excluding carboxylic acids is 2. The largest absolute Gasteiger partial charge is 0.461 e. The van der Waals surface area contributed by atoms with Crippen LogP contribution in [0.3, 0.4) is 0 Å². The minimum atomic E-state index is -0.431. The molecular formula is C10H14N2O3. The molecule has 1 heterocycles. The van der Waals surface area contributed by atoms with Gasteiger partial charge in [-0.15, -0.1) is 0 Å². The van der Waals surface area contributed by atoms with Gasteiger partial charge in [-0.3, -0.25) is 4.68 Å². The van der Waals surface area contributed by atoms with E-state index < -0.39 is 5.97 Å². The number of ether oxygens (including phenoxy) is 1. The molecule has 0 aromatic carbocycles. The molecule has 0 saturated heterocycles. The summed E-state index contributed by atoms with van der Waals surface area (Å²) in [6, 6.07) is 0. The number of carbonyl (C=O) groups is 2. The van der Waals surface area contributed by atoms with E-state index >= 15 is 0 Å². The first-order chi connectivity index (χ1) is 7.19. The molecule has 0 aliphatic heterocycles. The third-order valence-electron chi connectivity index (χ3n) is 1.90. The minimum Gasteiger partial charge on any atom is -0.461 e. The monoisotopic (exact) mass is 210 g/mol. The van der Waals surface area contributed by atoms with Crippen LogP contribution in [0.2, 0.25) is 0 Å². The Kier molecular flexibility index (Phi) is 4.03. The second kappa shape index (κ2) is 5.29. The predicted octanol–water partition coefficient (Wildman–Crippen LogP) is 0.728. The topological polar surface area (TPSA) is 61.2 Å². The fourth-order valence-electron chi connectivity index (χ4n) is 1.31. The van der Waals surface area contributed by atoms with E-state index in [-0.39, 0.29) is 0 Å². The van der Waals surface area contributed by atoms with Gasteiger partial charge >= 0.3 is 5.97 Å². The Labute approximate surface area is 88.0 Å². The summed E-state index contributed by atoms with van der Waals surface area (Å²) in [5, 5.41) is 4.01. The number of aryl methyl sites for hydroxylation is 2. The van der Waals surface area contributed by atoms with E-state index in [1.54, 1.807) is 24.9 Å². The summed E-state index contributed by atoms with van der Waals surface area (Å²) in [6.45, 7) is 2.06. The molecule has 0 aliphatic carbocycles. The number of hydrogen-bond acceptors (Lipinski definition) is 4. The minimum absolute atomic E-state index is 0.307. The molecule has 0 bridgehead atoms. The summed E-state index contributed by atoms with van der Waals surface area (Å²) in [6.07, 6.45) is 3.46. The normalized spacial score (nSPS) is 10.0. The maximum Gasteiger partial charge on any atom is 0.359 e. The van der Waals surface area contributed by atoms with Crippen LogP contribution < -0.4 is 0 Å². The van der Waals surface area contributed by atoms with E-state index in [4.69, 9.17) is 4.74 Å². The van der Waals surface area contributed by atoms with E-state index in [9.17, 15) is 9.59 Å². The fraction of sp³-hybridized carbons (Fsp3) is 0.500. The fourth-order valence-corrected chi connectivity index (χ4v) is 1.31. The highest BCUT2D eigenvalue weighted by molar-refractivity contribution is 5.88. The molecule has 0 fully saturated rings. The van der Waals surface area contributed by atoms with Gasteiger partial charge in [0.25, 0.3) is 0 Å². The van der Waals surface area contributed by atoms with Crippen molar-refractivity contribution >= 4 is 12.3 Å². The molecule has 5 heteroatoms. The first-order valence-electron chi connectivity index (χ1n) is 4.82. The van der Waals surface area contributed by atoms with Gasteiger partial charge in [-0.1, -0.05) is 0 Å². The summed E-state index contributed by atoms with van der Waals surface area (Å²) in [4.78, 5) is 21.7. The van der Waals surface area contributed by atoms with Crippen LogP contribution in [-0.2, 0) is 23.0 Å². The zero-order valence-electron chi connectivity index (χ0n) is 8.90. The van der Waals surface area contributed by atoms with Crippen molar-refractivity contribution in [1.82, 2.24) is 9.78 Å². The Bertz CT molecular complexity index is 358. The molecule has 1 rings (SSSR count). The highest BCUT2D eigenvalue weighted by Crippen LogP contribution is 2.10. The number of rotatable bonds is 5. The van der Waals surface area contributed by atoms with Crippen molar-refractivity contribution in [2.75, 3.05) is 6.61 Å². The number of aldehydes is 1. The lowest BCUT2D eigenvalue weighted by molar-refractivity contribution is -0.107. The average Bonchev–Trinajstić information content (AvgIpc) is 2.57. The Hall–Kier alpha value is -1.65. The van der Waals surface area contributed by atoms with Crippen LogP contribution in [0.5, 0.6) is 0 Å². The predicted molar refractivity (Wildman–Crippen MR) is 53.5 cm³/mol. The van der Waals surface area contributed by atoms with E-state index in [2.05, 4.69) is 5.10 Å². The third kappa shape index (κ3) is 2.90. The molecule has 0 amide bonds. The first-order valence-corrected chi connectivity index (χ1v) is 4.82. The maximum atomic E-state index is 11.5. The summed E-state index contributed by atoms with van der Waals surface area (Å²) >= 11 is 0. The van der Waals surface area contributed by atoms with E-state index in [0.717, 1.165) is 11.8 Å². The molecule has 0 unspecified atom stereocenters. The maximum absolute atomic E-state index is 11.5. The first kappa shape index (κ1) is 11.4. The Morgan fingerprint density at radius 2 is 2.40 bits per heavy atom. The average molecular weight is 210 g/mol. The molecule has 0 radical (unpaired) electrons. The number of hydrogen-bond donors (Lipinski definition) is 0. The van der Waals surface area contributed by atoms with Gasteiger partial charge in [0.05, 0.1) is 6.61 Å². The lowest BCUT2D eigenvalue weighted by Gasteiger charge is -1.99. The number of aromatic nitrogens is 2. The number of nitrogens with zero attached hydrogens (tertiary/aromatic N) is 2. The van der Waals surface area contributed by atoms with Crippen LogP contribution in [-0.4, -0.2) is 28.6 Å². The lowest BCUT2D eigenvalue weighted by atomic mass is 10.1. The molecule has 0 N–H and O–H groups in total. The van der Waals surface area contributed by atoms with Gasteiger partial charge in [0.2, 0.25) is 0 Å². The van der Waals surface area contributed by atoms with Gasteiger partial charge in [-0.2, -0.15) is 5.10 Å². The zero-order valence-corrected chi connectivity index (χ0v) is 8.90. The lowest BCUT2D eigenvalue weighted by Crippen LogP contribution is -2.08. The van der Waals surface area contributed by atoms with E-state index in [0.29, 0.717) is 25.1 Å². The molecule has 0 saturated carbocycles. The van der Waals surface area contributed by atoms with Gasteiger partial charge < -0.3 is 9.53 Å². The zero-order chi connectivity index (χ0) is 11.3. The van der Waals surface area contributed by atoms with Crippen LogP contribution in [0, 0.1) is 0 Å². The molecule has 15 heavy (non-hydrogen) atoms. The summed E-state index contributed by atoms with van der Waals surface area (Å²) in [7, 11) is 1.73. The van der Waals surface area contributed by atoms with Crippen LogP contribution >= 0.6 is 0 Å². The van der Waals surface area contributed by atoms with Crippen molar-refractivity contribution in [3.8, 4) is 0 Å². The van der Waals surface area contributed by atoms with Crippen LogP contribution in [0.1, 0.15) is 29.4 Å². The van der Waals surface area contributed by atoms with Crippen LogP contribution in [0.25, 0.3) is 0 Å². The Morgan fingerprint density at radius 3 is 3.00 bits per heavy atom. The van der Waals surface area contributed by atoms with Crippen molar-refractivity contribution < 1.29 is 14.3 Å². The van der Waals surface area contributed by atoms with Gasteiger partial charge in [0.1, 0.15) is 6.29 Å². The Balaban J connectivity index is 2.84. The summed E-state index contributed by atoms with van der Waals surface area (Å²) < 4.78 is 6.41. The summed E-state index contributed by atoms with van der Waals surface area (Å²) in [5.41, 5.74) is 1.06. The SMILES string of the molecule is CCOC(=O)c1nn(C)cc1CCC=O. The van der Waals surface area contributed by atoms with Crippen molar-refractivity contribution in [1.29, 1.82) is 0 Å².